The van der Waals surface area contributed by atoms with E-state index in [0.717, 1.165) is 46.4 Å². The molecule has 7 nitrogen and oxygen atoms in total. The van der Waals surface area contributed by atoms with Crippen molar-refractivity contribution in [2.75, 3.05) is 24.6 Å². The van der Waals surface area contributed by atoms with Crippen molar-refractivity contribution in [2.24, 2.45) is 0 Å². The van der Waals surface area contributed by atoms with Crippen LogP contribution in [0, 0.1) is 6.92 Å². The first-order valence-electron chi connectivity index (χ1n) is 12.5. The van der Waals surface area contributed by atoms with Crippen LogP contribution in [0.4, 0.5) is 10.5 Å². The molecular weight excluding hydrogens is 468 g/mol. The number of hydrogen-bond acceptors (Lipinski definition) is 6. The number of para-hydroxylation sites is 1. The number of rotatable bonds is 9. The highest BCUT2D eigenvalue weighted by Gasteiger charge is 2.14. The Hall–Kier alpha value is -4.26. The molecule has 0 atom stereocenters. The number of fused-ring (bicyclic) bond motifs is 1. The van der Waals surface area contributed by atoms with Crippen LogP contribution in [0.2, 0.25) is 0 Å². The number of anilines is 1. The van der Waals surface area contributed by atoms with Crippen LogP contribution >= 0.6 is 0 Å². The Balaban J connectivity index is 1.36. The van der Waals surface area contributed by atoms with E-state index in [-0.39, 0.29) is 25.3 Å². The molecule has 7 heteroatoms. The monoisotopic (exact) mass is 500 g/mol. The summed E-state index contributed by atoms with van der Waals surface area (Å²) in [7, 11) is 0. The summed E-state index contributed by atoms with van der Waals surface area (Å²) >= 11 is 0. The zero-order valence-corrected chi connectivity index (χ0v) is 21.4. The molecular formula is C30H32N2O5. The summed E-state index contributed by atoms with van der Waals surface area (Å²) in [5.41, 5.74) is 4.95. The van der Waals surface area contributed by atoms with Crippen LogP contribution in [-0.4, -0.2) is 30.9 Å². The lowest BCUT2D eigenvalue weighted by molar-refractivity contribution is 0.146. The highest BCUT2D eigenvalue weighted by Crippen LogP contribution is 2.29. The third-order valence-corrected chi connectivity index (χ3v) is 6.56. The van der Waals surface area contributed by atoms with Crippen molar-refractivity contribution in [3.63, 3.8) is 0 Å². The number of nitrogens with zero attached hydrogens (tertiary/aromatic N) is 1. The Morgan fingerprint density at radius 2 is 1.81 bits per heavy atom. The minimum absolute atomic E-state index is 0.0540. The maximum Gasteiger partial charge on any atom is 0.407 e. The average Bonchev–Trinajstić information content (AvgIpc) is 2.90. The largest absolute Gasteiger partial charge is 0.507 e. The number of phenolic OH excluding ortho intramolecular Hbond substituents is 1. The molecule has 1 aromatic heterocycles. The SMILES string of the molecule is CCN(CC)c1ccc2c(C)c(CCOC(=O)NCc3cccc(-c4ccccc4O)c3)c(=O)oc2c1. The van der Waals surface area contributed by atoms with E-state index in [0.29, 0.717) is 11.1 Å². The van der Waals surface area contributed by atoms with Crippen molar-refractivity contribution < 1.29 is 19.1 Å². The van der Waals surface area contributed by atoms with Gasteiger partial charge in [0, 0.05) is 54.3 Å². The first kappa shape index (κ1) is 25.8. The first-order valence-corrected chi connectivity index (χ1v) is 12.5. The summed E-state index contributed by atoms with van der Waals surface area (Å²) in [6, 6.07) is 20.6. The van der Waals surface area contributed by atoms with E-state index in [2.05, 4.69) is 24.1 Å². The molecule has 0 bridgehead atoms. The maximum absolute atomic E-state index is 12.7. The van der Waals surface area contributed by atoms with Crippen molar-refractivity contribution >= 4 is 22.7 Å². The number of nitrogens with one attached hydrogen (secondary N) is 1. The molecule has 0 aliphatic heterocycles. The van der Waals surface area contributed by atoms with Gasteiger partial charge in [-0.15, -0.1) is 0 Å². The highest BCUT2D eigenvalue weighted by atomic mass is 16.5. The van der Waals surface area contributed by atoms with Crippen LogP contribution in [0.25, 0.3) is 22.1 Å². The number of aryl methyl sites for hydroxylation is 1. The molecule has 0 aliphatic rings. The minimum atomic E-state index is -0.570. The summed E-state index contributed by atoms with van der Waals surface area (Å²) < 4.78 is 10.9. The van der Waals surface area contributed by atoms with Crippen molar-refractivity contribution in [1.82, 2.24) is 5.32 Å². The molecule has 0 fully saturated rings. The first-order chi connectivity index (χ1) is 17.9. The average molecular weight is 501 g/mol. The number of phenols is 1. The van der Waals surface area contributed by atoms with Crippen molar-refractivity contribution in [3.05, 3.63) is 93.8 Å². The lowest BCUT2D eigenvalue weighted by Gasteiger charge is -2.21. The van der Waals surface area contributed by atoms with Gasteiger partial charge in [0.1, 0.15) is 11.3 Å². The number of amides is 1. The number of aromatic hydroxyl groups is 1. The fourth-order valence-corrected chi connectivity index (χ4v) is 4.50. The van der Waals surface area contributed by atoms with Gasteiger partial charge in [0.05, 0.1) is 6.61 Å². The summed E-state index contributed by atoms with van der Waals surface area (Å²) in [6.07, 6.45) is -0.308. The molecule has 0 unspecified atom stereocenters. The zero-order chi connectivity index (χ0) is 26.4. The molecule has 3 aromatic carbocycles. The molecule has 0 spiro atoms. The van der Waals surface area contributed by atoms with Crippen molar-refractivity contribution in [1.29, 1.82) is 0 Å². The van der Waals surface area contributed by atoms with Crippen molar-refractivity contribution in [3.8, 4) is 16.9 Å². The van der Waals surface area contributed by atoms with E-state index in [9.17, 15) is 14.7 Å². The third kappa shape index (κ3) is 5.94. The Labute approximate surface area is 216 Å². The summed E-state index contributed by atoms with van der Waals surface area (Å²) in [4.78, 5) is 27.1. The number of carbonyl (C=O) groups excluding carboxylic acids is 1. The molecule has 4 rings (SSSR count). The van der Waals surface area contributed by atoms with E-state index in [1.807, 2.05) is 61.5 Å². The number of benzene rings is 3. The number of hydrogen-bond donors (Lipinski definition) is 2. The van der Waals surface area contributed by atoms with E-state index in [4.69, 9.17) is 9.15 Å². The van der Waals surface area contributed by atoms with Gasteiger partial charge in [0.2, 0.25) is 0 Å². The van der Waals surface area contributed by atoms with Crippen LogP contribution in [-0.2, 0) is 17.7 Å². The lowest BCUT2D eigenvalue weighted by Crippen LogP contribution is -2.25. The maximum atomic E-state index is 12.7. The van der Waals surface area contributed by atoms with Gasteiger partial charge in [-0.1, -0.05) is 36.4 Å². The summed E-state index contributed by atoms with van der Waals surface area (Å²) in [5, 5.41) is 13.7. The minimum Gasteiger partial charge on any atom is -0.507 e. The summed E-state index contributed by atoms with van der Waals surface area (Å²) in [5.74, 6) is 0.199. The lowest BCUT2D eigenvalue weighted by atomic mass is 10.0. The number of alkyl carbamates (subject to hydrolysis) is 1. The Morgan fingerprint density at radius 1 is 1.03 bits per heavy atom. The second-order valence-corrected chi connectivity index (χ2v) is 8.80. The quantitative estimate of drug-likeness (QED) is 0.283. The van der Waals surface area contributed by atoms with Crippen LogP contribution in [0.3, 0.4) is 0 Å². The van der Waals surface area contributed by atoms with Gasteiger partial charge in [0.25, 0.3) is 0 Å². The van der Waals surface area contributed by atoms with Gasteiger partial charge in [-0.05, 0) is 61.7 Å². The molecule has 0 aliphatic carbocycles. The van der Waals surface area contributed by atoms with Gasteiger partial charge in [-0.25, -0.2) is 9.59 Å². The fourth-order valence-electron chi connectivity index (χ4n) is 4.50. The van der Waals surface area contributed by atoms with Crippen LogP contribution in [0.15, 0.2) is 75.9 Å². The van der Waals surface area contributed by atoms with Crippen molar-refractivity contribution in [2.45, 2.75) is 33.7 Å². The fraction of sp³-hybridized carbons (Fsp3) is 0.267. The van der Waals surface area contributed by atoms with E-state index in [1.165, 1.54) is 0 Å². The molecule has 1 amide bonds. The van der Waals surface area contributed by atoms with Crippen LogP contribution in [0.1, 0.15) is 30.5 Å². The topological polar surface area (TPSA) is 92.0 Å². The normalized spacial score (nSPS) is 10.9. The number of carbonyl (C=O) groups is 1. The zero-order valence-electron chi connectivity index (χ0n) is 21.4. The predicted octanol–water partition coefficient (Wildman–Crippen LogP) is 5.79. The second-order valence-electron chi connectivity index (χ2n) is 8.80. The van der Waals surface area contributed by atoms with Gasteiger partial charge >= 0.3 is 11.7 Å². The molecule has 37 heavy (non-hydrogen) atoms. The second kappa shape index (κ2) is 11.6. The smallest absolute Gasteiger partial charge is 0.407 e. The molecule has 0 radical (unpaired) electrons. The molecule has 4 aromatic rings. The molecule has 1 heterocycles. The van der Waals surface area contributed by atoms with Crippen LogP contribution in [0.5, 0.6) is 5.75 Å². The molecule has 2 N–H and O–H groups in total. The van der Waals surface area contributed by atoms with Crippen LogP contribution < -0.4 is 15.8 Å². The predicted molar refractivity (Wildman–Crippen MR) is 146 cm³/mol. The summed E-state index contributed by atoms with van der Waals surface area (Å²) in [6.45, 7) is 8.12. The van der Waals surface area contributed by atoms with E-state index < -0.39 is 11.7 Å². The van der Waals surface area contributed by atoms with E-state index in [1.54, 1.807) is 12.1 Å². The van der Waals surface area contributed by atoms with Gasteiger partial charge in [-0.2, -0.15) is 0 Å². The van der Waals surface area contributed by atoms with Gasteiger partial charge < -0.3 is 24.5 Å². The Kier molecular flexibility index (Phi) is 8.13. The molecule has 0 saturated heterocycles. The molecule has 0 saturated carbocycles. The molecule has 192 valence electrons. The van der Waals surface area contributed by atoms with Gasteiger partial charge in [0.15, 0.2) is 0 Å². The third-order valence-electron chi connectivity index (χ3n) is 6.56. The highest BCUT2D eigenvalue weighted by molar-refractivity contribution is 5.84. The Morgan fingerprint density at radius 3 is 2.57 bits per heavy atom. The number of ether oxygens (including phenoxy) is 1. The Bertz CT molecular complexity index is 1460. The van der Waals surface area contributed by atoms with E-state index >= 15 is 0 Å². The van der Waals surface area contributed by atoms with Gasteiger partial charge in [-0.3, -0.25) is 0 Å². The standard InChI is InChI=1S/C30H32N2O5/c1-4-32(5-2)23-13-14-24-20(3)25(29(34)37-28(24)18-23)15-16-36-30(35)31-19-21-9-8-10-22(17-21)26-11-6-7-12-27(26)33/h6-14,17-18,33H,4-5,15-16,19H2,1-3H3,(H,31,35).